The number of nitrogens with one attached hydrogen (secondary N) is 1. The first-order valence-corrected chi connectivity index (χ1v) is 6.24. The van der Waals surface area contributed by atoms with Gasteiger partial charge < -0.3 is 15.5 Å². The third-order valence-corrected chi connectivity index (χ3v) is 2.86. The minimum atomic E-state index is -5.17. The van der Waals surface area contributed by atoms with Crippen molar-refractivity contribution < 1.29 is 41.4 Å². The highest BCUT2D eigenvalue weighted by atomic mass is 19.4. The van der Waals surface area contributed by atoms with Gasteiger partial charge in [-0.15, -0.1) is 0 Å². The molecule has 0 bridgehead atoms. The molecule has 4 nitrogen and oxygen atoms in total. The maximum atomic E-state index is 13.0. The molecule has 130 valence electrons. The van der Waals surface area contributed by atoms with Gasteiger partial charge in [0.25, 0.3) is 0 Å². The predicted octanol–water partition coefficient (Wildman–Crippen LogP) is 2.69. The second kappa shape index (κ2) is 6.75. The lowest BCUT2D eigenvalue weighted by molar-refractivity contribution is -0.143. The van der Waals surface area contributed by atoms with Gasteiger partial charge in [0.15, 0.2) is 5.78 Å². The van der Waals surface area contributed by atoms with E-state index in [4.69, 9.17) is 10.2 Å². The first-order chi connectivity index (χ1) is 10.4. The fourth-order valence-electron chi connectivity index (χ4n) is 1.84. The van der Waals surface area contributed by atoms with E-state index in [1.165, 1.54) is 0 Å². The number of Topliss-reactive ketones (excluding diaryl/α,β-unsaturated/α-hetero) is 1. The van der Waals surface area contributed by atoms with Crippen molar-refractivity contribution in [2.45, 2.75) is 25.4 Å². The zero-order chi connectivity index (χ0) is 18.0. The molecule has 0 spiro atoms. The number of alkyl halides is 6. The molecule has 0 heterocycles. The van der Waals surface area contributed by atoms with Crippen molar-refractivity contribution in [1.29, 1.82) is 0 Å². The normalized spacial score (nSPS) is 13.8. The Balaban J connectivity index is 3.53. The molecule has 1 rings (SSSR count). The number of carbonyl (C=O) groups is 1. The highest BCUT2D eigenvalue weighted by molar-refractivity contribution is 6.01. The SMILES string of the molecule is CC(=O)c1c(NCC(O)CO)cc(C(F)(F)F)cc1C(F)(F)F. The molecule has 0 fully saturated rings. The lowest BCUT2D eigenvalue weighted by Crippen LogP contribution is -2.25. The number of anilines is 1. The number of rotatable bonds is 5. The van der Waals surface area contributed by atoms with E-state index in [0.29, 0.717) is 6.07 Å². The fourth-order valence-corrected chi connectivity index (χ4v) is 1.84. The molecule has 1 atom stereocenters. The van der Waals surface area contributed by atoms with Gasteiger partial charge in [-0.2, -0.15) is 26.3 Å². The molecule has 1 unspecified atom stereocenters. The van der Waals surface area contributed by atoms with Gasteiger partial charge in [-0.05, 0) is 19.1 Å². The zero-order valence-electron chi connectivity index (χ0n) is 11.7. The van der Waals surface area contributed by atoms with Gasteiger partial charge in [-0.25, -0.2) is 0 Å². The number of aliphatic hydroxyl groups is 2. The Morgan fingerprint density at radius 1 is 1.17 bits per heavy atom. The molecule has 0 radical (unpaired) electrons. The van der Waals surface area contributed by atoms with E-state index in [1.807, 2.05) is 0 Å². The summed E-state index contributed by atoms with van der Waals surface area (Å²) < 4.78 is 77.2. The summed E-state index contributed by atoms with van der Waals surface area (Å²) in [6.45, 7) is -0.506. The van der Waals surface area contributed by atoms with Crippen LogP contribution in [-0.2, 0) is 12.4 Å². The number of hydrogen-bond donors (Lipinski definition) is 3. The Hall–Kier alpha value is -1.81. The smallest absolute Gasteiger partial charge is 0.394 e. The van der Waals surface area contributed by atoms with Crippen LogP contribution in [0.2, 0.25) is 0 Å². The van der Waals surface area contributed by atoms with E-state index < -0.39 is 59.8 Å². The first-order valence-electron chi connectivity index (χ1n) is 6.24. The molecular formula is C13H13F6NO3. The number of halogens is 6. The minimum Gasteiger partial charge on any atom is -0.394 e. The summed E-state index contributed by atoms with van der Waals surface area (Å²) in [6.07, 6.45) is -11.6. The zero-order valence-corrected chi connectivity index (χ0v) is 11.7. The Morgan fingerprint density at radius 2 is 1.74 bits per heavy atom. The Morgan fingerprint density at radius 3 is 2.13 bits per heavy atom. The van der Waals surface area contributed by atoms with Crippen LogP contribution in [-0.4, -0.2) is 35.3 Å². The van der Waals surface area contributed by atoms with Crippen LogP contribution in [0.25, 0.3) is 0 Å². The van der Waals surface area contributed by atoms with Gasteiger partial charge in [-0.1, -0.05) is 0 Å². The monoisotopic (exact) mass is 345 g/mol. The van der Waals surface area contributed by atoms with E-state index in [2.05, 4.69) is 5.32 Å². The summed E-state index contributed by atoms with van der Waals surface area (Å²) in [5, 5.41) is 19.9. The van der Waals surface area contributed by atoms with Crippen molar-refractivity contribution >= 4 is 11.5 Å². The average molecular weight is 345 g/mol. The number of benzene rings is 1. The molecule has 0 aromatic heterocycles. The summed E-state index contributed by atoms with van der Waals surface area (Å²) in [4.78, 5) is 11.5. The number of aliphatic hydroxyl groups excluding tert-OH is 2. The van der Waals surface area contributed by atoms with Crippen molar-refractivity contribution in [3.63, 3.8) is 0 Å². The van der Waals surface area contributed by atoms with Crippen LogP contribution in [0.1, 0.15) is 28.4 Å². The van der Waals surface area contributed by atoms with E-state index >= 15 is 0 Å². The molecule has 0 saturated heterocycles. The summed E-state index contributed by atoms with van der Waals surface area (Å²) >= 11 is 0. The molecule has 1 aromatic carbocycles. The van der Waals surface area contributed by atoms with Gasteiger partial charge in [0.2, 0.25) is 0 Å². The molecule has 0 aliphatic rings. The van der Waals surface area contributed by atoms with Gasteiger partial charge in [-0.3, -0.25) is 4.79 Å². The highest BCUT2D eigenvalue weighted by Crippen LogP contribution is 2.40. The summed E-state index contributed by atoms with van der Waals surface area (Å²) in [5.41, 5.74) is -4.99. The third kappa shape index (κ3) is 4.83. The summed E-state index contributed by atoms with van der Waals surface area (Å²) in [6, 6.07) is 0.223. The van der Waals surface area contributed by atoms with Gasteiger partial charge in [0, 0.05) is 12.2 Å². The van der Waals surface area contributed by atoms with E-state index in [0.717, 1.165) is 6.92 Å². The number of carbonyl (C=O) groups excluding carboxylic acids is 1. The Bertz CT molecular complexity index is 582. The standard InChI is InChI=1S/C13H13F6NO3/c1-6(22)11-9(13(17,18)19)2-7(12(14,15)16)3-10(11)20-4-8(23)5-21/h2-3,8,20-21,23H,4-5H2,1H3. The number of hydrogen-bond acceptors (Lipinski definition) is 4. The maximum Gasteiger partial charge on any atom is 0.417 e. The van der Waals surface area contributed by atoms with Crippen LogP contribution in [0, 0.1) is 0 Å². The predicted molar refractivity (Wildman–Crippen MR) is 68.0 cm³/mol. The summed E-state index contributed by atoms with van der Waals surface area (Å²) in [5.74, 6) is -1.09. The molecule has 0 saturated carbocycles. The lowest BCUT2D eigenvalue weighted by Gasteiger charge is -2.20. The molecular weight excluding hydrogens is 332 g/mol. The quantitative estimate of drug-likeness (QED) is 0.567. The second-order valence-electron chi connectivity index (χ2n) is 4.72. The fraction of sp³-hybridized carbons (Fsp3) is 0.462. The van der Waals surface area contributed by atoms with Crippen LogP contribution in [0.15, 0.2) is 12.1 Å². The highest BCUT2D eigenvalue weighted by Gasteiger charge is 2.40. The van der Waals surface area contributed by atoms with Gasteiger partial charge in [0.05, 0.1) is 29.4 Å². The van der Waals surface area contributed by atoms with E-state index in [1.54, 1.807) is 0 Å². The summed E-state index contributed by atoms with van der Waals surface area (Å²) in [7, 11) is 0. The molecule has 0 aliphatic carbocycles. The number of ketones is 1. The minimum absolute atomic E-state index is 0.135. The first kappa shape index (κ1) is 19.2. The van der Waals surface area contributed by atoms with Gasteiger partial charge >= 0.3 is 12.4 Å². The topological polar surface area (TPSA) is 69.6 Å². The molecule has 10 heteroatoms. The molecule has 1 aromatic rings. The molecule has 23 heavy (non-hydrogen) atoms. The van der Waals surface area contributed by atoms with Crippen LogP contribution < -0.4 is 5.32 Å². The molecule has 3 N–H and O–H groups in total. The lowest BCUT2D eigenvalue weighted by atomic mass is 9.97. The third-order valence-electron chi connectivity index (χ3n) is 2.86. The van der Waals surface area contributed by atoms with Crippen LogP contribution in [0.4, 0.5) is 32.0 Å². The van der Waals surface area contributed by atoms with Gasteiger partial charge in [0.1, 0.15) is 0 Å². The van der Waals surface area contributed by atoms with Crippen molar-refractivity contribution in [2.24, 2.45) is 0 Å². The van der Waals surface area contributed by atoms with Crippen LogP contribution in [0.3, 0.4) is 0 Å². The maximum absolute atomic E-state index is 13.0. The largest absolute Gasteiger partial charge is 0.417 e. The Kier molecular flexibility index (Phi) is 5.65. The van der Waals surface area contributed by atoms with Crippen molar-refractivity contribution in [2.75, 3.05) is 18.5 Å². The second-order valence-corrected chi connectivity index (χ2v) is 4.72. The van der Waals surface area contributed by atoms with E-state index in [-0.39, 0.29) is 6.07 Å². The van der Waals surface area contributed by atoms with Crippen molar-refractivity contribution in [3.05, 3.63) is 28.8 Å². The molecule has 0 amide bonds. The van der Waals surface area contributed by atoms with Crippen LogP contribution in [0.5, 0.6) is 0 Å². The van der Waals surface area contributed by atoms with Crippen molar-refractivity contribution in [1.82, 2.24) is 0 Å². The molecule has 0 aliphatic heterocycles. The average Bonchev–Trinajstić information content (AvgIpc) is 2.41. The Labute approximate surface area is 126 Å². The van der Waals surface area contributed by atoms with Crippen LogP contribution >= 0.6 is 0 Å². The van der Waals surface area contributed by atoms with E-state index in [9.17, 15) is 31.1 Å². The van der Waals surface area contributed by atoms with Crippen molar-refractivity contribution in [3.8, 4) is 0 Å².